The number of nitrogens with zero attached hydrogens (tertiary/aromatic N) is 3. The van der Waals surface area contributed by atoms with Gasteiger partial charge in [-0.1, -0.05) is 0 Å². The lowest BCUT2D eigenvalue weighted by Crippen LogP contribution is -2.35. The zero-order valence-electron chi connectivity index (χ0n) is 17.2. The third kappa shape index (κ3) is 3.94. The number of amides is 2. The number of hydrogen-bond donors (Lipinski definition) is 3. The van der Waals surface area contributed by atoms with E-state index in [9.17, 15) is 14.7 Å². The van der Waals surface area contributed by atoms with E-state index in [0.29, 0.717) is 28.6 Å². The highest BCUT2D eigenvalue weighted by Crippen LogP contribution is 2.42. The standard InChI is InChI=1S/C22H25N5O3/c1-13(2)23-22(30)27-19(14-6-7-14)12-17(25-27)16-11-15(8-9-20(16)28)24-21(29)18-5-4-10-26(18)3/h4-5,8-14,28H,6-7H2,1-3H3,(H,23,30)(H,24,29). The third-order valence-electron chi connectivity index (χ3n) is 5.04. The maximum atomic E-state index is 12.6. The van der Waals surface area contributed by atoms with Gasteiger partial charge < -0.3 is 20.3 Å². The SMILES string of the molecule is CC(C)NC(=O)n1nc(-c2cc(NC(=O)c3cccn3C)ccc2O)cc1C1CC1. The molecule has 1 aromatic carbocycles. The fourth-order valence-electron chi connectivity index (χ4n) is 3.38. The van der Waals surface area contributed by atoms with Gasteiger partial charge in [-0.2, -0.15) is 9.78 Å². The molecule has 4 rings (SSSR count). The summed E-state index contributed by atoms with van der Waals surface area (Å²) in [7, 11) is 1.80. The maximum absolute atomic E-state index is 12.6. The highest BCUT2D eigenvalue weighted by molar-refractivity contribution is 6.03. The molecule has 1 aliphatic carbocycles. The molecule has 0 bridgehead atoms. The number of aromatic hydroxyl groups is 1. The van der Waals surface area contributed by atoms with Gasteiger partial charge in [-0.15, -0.1) is 0 Å². The lowest BCUT2D eigenvalue weighted by atomic mass is 10.1. The van der Waals surface area contributed by atoms with Crippen LogP contribution in [0.15, 0.2) is 42.6 Å². The first-order valence-electron chi connectivity index (χ1n) is 10.0. The van der Waals surface area contributed by atoms with Gasteiger partial charge in [0.2, 0.25) is 0 Å². The number of aryl methyl sites for hydroxylation is 1. The zero-order chi connectivity index (χ0) is 21.4. The molecule has 2 amide bonds. The van der Waals surface area contributed by atoms with E-state index in [4.69, 9.17) is 0 Å². The zero-order valence-corrected chi connectivity index (χ0v) is 17.2. The predicted molar refractivity (Wildman–Crippen MR) is 114 cm³/mol. The molecule has 0 unspecified atom stereocenters. The van der Waals surface area contributed by atoms with Crippen LogP contribution in [-0.4, -0.2) is 37.4 Å². The summed E-state index contributed by atoms with van der Waals surface area (Å²) in [5.41, 5.74) is 2.83. The number of rotatable bonds is 5. The number of phenols is 1. The van der Waals surface area contributed by atoms with E-state index in [1.807, 2.05) is 19.9 Å². The van der Waals surface area contributed by atoms with E-state index in [1.165, 1.54) is 10.7 Å². The van der Waals surface area contributed by atoms with Gasteiger partial charge in [0.25, 0.3) is 5.91 Å². The van der Waals surface area contributed by atoms with Crippen LogP contribution >= 0.6 is 0 Å². The summed E-state index contributed by atoms with van der Waals surface area (Å²) in [6.07, 6.45) is 3.82. The fourth-order valence-corrected chi connectivity index (χ4v) is 3.38. The number of nitrogens with one attached hydrogen (secondary N) is 2. The molecule has 8 heteroatoms. The molecular weight excluding hydrogens is 382 g/mol. The van der Waals surface area contributed by atoms with Crippen molar-refractivity contribution in [2.24, 2.45) is 7.05 Å². The molecule has 1 fully saturated rings. The Morgan fingerprint density at radius 1 is 1.20 bits per heavy atom. The summed E-state index contributed by atoms with van der Waals surface area (Å²) >= 11 is 0. The van der Waals surface area contributed by atoms with Crippen LogP contribution in [-0.2, 0) is 7.05 Å². The van der Waals surface area contributed by atoms with Crippen LogP contribution in [0.3, 0.4) is 0 Å². The predicted octanol–water partition coefficient (Wildman–Crippen LogP) is 3.69. The van der Waals surface area contributed by atoms with Crippen LogP contribution < -0.4 is 10.6 Å². The van der Waals surface area contributed by atoms with Crippen molar-refractivity contribution in [2.45, 2.75) is 38.6 Å². The van der Waals surface area contributed by atoms with Gasteiger partial charge >= 0.3 is 6.03 Å². The van der Waals surface area contributed by atoms with E-state index < -0.39 is 0 Å². The van der Waals surface area contributed by atoms with Crippen LogP contribution in [0, 0.1) is 0 Å². The Labute approximate surface area is 174 Å². The largest absolute Gasteiger partial charge is 0.507 e. The van der Waals surface area contributed by atoms with Crippen molar-refractivity contribution in [1.29, 1.82) is 0 Å². The number of aromatic nitrogens is 3. The number of carbonyl (C=O) groups excluding carboxylic acids is 2. The van der Waals surface area contributed by atoms with E-state index in [2.05, 4.69) is 15.7 Å². The lowest BCUT2D eigenvalue weighted by molar-refractivity contribution is 0.101. The van der Waals surface area contributed by atoms with Crippen molar-refractivity contribution >= 4 is 17.6 Å². The second-order valence-corrected chi connectivity index (χ2v) is 7.94. The molecule has 30 heavy (non-hydrogen) atoms. The van der Waals surface area contributed by atoms with E-state index >= 15 is 0 Å². The molecule has 0 saturated heterocycles. The molecular formula is C22H25N5O3. The molecule has 0 atom stereocenters. The van der Waals surface area contributed by atoms with Gasteiger partial charge in [-0.25, -0.2) is 4.79 Å². The summed E-state index contributed by atoms with van der Waals surface area (Å²) in [6, 6.07) is 9.88. The second-order valence-electron chi connectivity index (χ2n) is 7.94. The summed E-state index contributed by atoms with van der Waals surface area (Å²) < 4.78 is 3.12. The van der Waals surface area contributed by atoms with E-state index in [0.717, 1.165) is 18.5 Å². The first-order valence-corrected chi connectivity index (χ1v) is 10.0. The van der Waals surface area contributed by atoms with E-state index in [-0.39, 0.29) is 23.7 Å². The van der Waals surface area contributed by atoms with Gasteiger partial charge in [-0.05, 0) is 63.1 Å². The Hall–Kier alpha value is -3.55. The molecule has 2 heterocycles. The van der Waals surface area contributed by atoms with Crippen molar-refractivity contribution in [1.82, 2.24) is 19.7 Å². The topological polar surface area (TPSA) is 101 Å². The molecule has 3 N–H and O–H groups in total. The summed E-state index contributed by atoms with van der Waals surface area (Å²) in [5, 5.41) is 20.6. The van der Waals surface area contributed by atoms with Gasteiger partial charge in [-0.3, -0.25) is 4.79 Å². The molecule has 2 aromatic heterocycles. The maximum Gasteiger partial charge on any atom is 0.342 e. The minimum Gasteiger partial charge on any atom is -0.507 e. The summed E-state index contributed by atoms with van der Waals surface area (Å²) in [5.74, 6) is 0.0781. The minimum atomic E-state index is -0.286. The van der Waals surface area contributed by atoms with Crippen LogP contribution in [0.5, 0.6) is 5.75 Å². The third-order valence-corrected chi connectivity index (χ3v) is 5.04. The molecule has 156 valence electrons. The summed E-state index contributed by atoms with van der Waals surface area (Å²) in [6.45, 7) is 3.79. The molecule has 8 nitrogen and oxygen atoms in total. The van der Waals surface area contributed by atoms with Crippen LogP contribution in [0.1, 0.15) is 48.8 Å². The number of benzene rings is 1. The highest BCUT2D eigenvalue weighted by Gasteiger charge is 2.31. The first-order chi connectivity index (χ1) is 14.3. The second kappa shape index (κ2) is 7.70. The molecule has 0 radical (unpaired) electrons. The lowest BCUT2D eigenvalue weighted by Gasteiger charge is -2.10. The molecule has 0 aliphatic heterocycles. The molecule has 0 spiro atoms. The highest BCUT2D eigenvalue weighted by atomic mass is 16.3. The first kappa shape index (κ1) is 19.8. The van der Waals surface area contributed by atoms with E-state index in [1.54, 1.807) is 42.1 Å². The van der Waals surface area contributed by atoms with Crippen LogP contribution in [0.25, 0.3) is 11.3 Å². The van der Waals surface area contributed by atoms with Crippen molar-refractivity contribution in [3.8, 4) is 17.0 Å². The van der Waals surface area contributed by atoms with Crippen molar-refractivity contribution in [2.75, 3.05) is 5.32 Å². The van der Waals surface area contributed by atoms with Crippen molar-refractivity contribution in [3.63, 3.8) is 0 Å². The Kier molecular flexibility index (Phi) is 5.07. The van der Waals surface area contributed by atoms with Crippen LogP contribution in [0.2, 0.25) is 0 Å². The monoisotopic (exact) mass is 407 g/mol. The van der Waals surface area contributed by atoms with Crippen molar-refractivity contribution in [3.05, 3.63) is 54.0 Å². The van der Waals surface area contributed by atoms with Gasteiger partial charge in [0.15, 0.2) is 0 Å². The quantitative estimate of drug-likeness (QED) is 0.562. The van der Waals surface area contributed by atoms with Gasteiger partial charge in [0.05, 0.1) is 11.4 Å². The average molecular weight is 407 g/mol. The average Bonchev–Trinajstić information content (AvgIpc) is 3.28. The number of phenolic OH excluding ortho intramolecular Hbond substituents is 1. The number of carbonyl (C=O) groups is 2. The van der Waals surface area contributed by atoms with Crippen LogP contribution in [0.4, 0.5) is 10.5 Å². The molecule has 3 aromatic rings. The smallest absolute Gasteiger partial charge is 0.342 e. The normalized spacial score (nSPS) is 13.5. The van der Waals surface area contributed by atoms with Crippen molar-refractivity contribution < 1.29 is 14.7 Å². The fraction of sp³-hybridized carbons (Fsp3) is 0.318. The number of anilines is 1. The minimum absolute atomic E-state index is 0.0124. The Morgan fingerprint density at radius 2 is 1.97 bits per heavy atom. The number of hydrogen-bond acceptors (Lipinski definition) is 4. The van der Waals surface area contributed by atoms with Gasteiger partial charge in [0.1, 0.15) is 11.4 Å². The Balaban J connectivity index is 1.65. The summed E-state index contributed by atoms with van der Waals surface area (Å²) in [4.78, 5) is 25.1. The Morgan fingerprint density at radius 3 is 2.60 bits per heavy atom. The molecule has 1 aliphatic rings. The molecule has 1 saturated carbocycles. The van der Waals surface area contributed by atoms with Gasteiger partial charge in [0, 0.05) is 36.5 Å². The Bertz CT molecular complexity index is 1110.